The molecule has 0 aliphatic heterocycles. The van der Waals surface area contributed by atoms with E-state index in [0.29, 0.717) is 11.7 Å². The van der Waals surface area contributed by atoms with Gasteiger partial charge in [-0.3, -0.25) is 10.1 Å². The second-order valence-electron chi connectivity index (χ2n) is 9.33. The Balaban J connectivity index is 1.32. The molecule has 2 aromatic rings. The van der Waals surface area contributed by atoms with Gasteiger partial charge in [0.2, 0.25) is 5.95 Å². The molecule has 0 spiro atoms. The molecule has 3 N–H and O–H groups in total. The number of nitrogens with one attached hydrogen (secondary N) is 3. The first-order valence-corrected chi connectivity index (χ1v) is 12.1. The molecule has 11 heteroatoms. The molecule has 2 aliphatic rings. The number of fused-ring (bicyclic) bond motifs is 1. The van der Waals surface area contributed by atoms with E-state index in [0.717, 1.165) is 56.5 Å². The molecular formula is C24H33N7O4. The van der Waals surface area contributed by atoms with E-state index in [4.69, 9.17) is 14.7 Å². The van der Waals surface area contributed by atoms with Gasteiger partial charge < -0.3 is 25.6 Å². The number of nitro benzene ring substituents is 1. The average Bonchev–Trinajstić information content (AvgIpc) is 2.84. The quantitative estimate of drug-likeness (QED) is 0.399. The van der Waals surface area contributed by atoms with Crippen molar-refractivity contribution in [3.8, 4) is 5.75 Å². The smallest absolute Gasteiger partial charge is 0.319 e. The first-order chi connectivity index (χ1) is 16.8. The summed E-state index contributed by atoms with van der Waals surface area (Å²) in [6, 6.07) is 3.94. The number of methoxy groups -OCH3 is 1. The molecule has 0 bridgehead atoms. The van der Waals surface area contributed by atoms with E-state index in [1.807, 2.05) is 14.1 Å². The van der Waals surface area contributed by atoms with E-state index in [2.05, 4.69) is 20.9 Å². The highest BCUT2D eigenvalue weighted by Crippen LogP contribution is 2.30. The zero-order valence-corrected chi connectivity index (χ0v) is 20.5. The second-order valence-corrected chi connectivity index (χ2v) is 9.33. The zero-order chi connectivity index (χ0) is 24.9. The molecule has 0 atom stereocenters. The summed E-state index contributed by atoms with van der Waals surface area (Å²) in [6.45, 7) is 0. The minimum Gasteiger partial charge on any atom is -0.495 e. The number of carbonyl (C=O) groups is 1. The zero-order valence-electron chi connectivity index (χ0n) is 20.5. The third-order valence-corrected chi connectivity index (χ3v) is 6.62. The fourth-order valence-electron chi connectivity index (χ4n) is 4.82. The molecule has 4 rings (SSSR count). The van der Waals surface area contributed by atoms with Gasteiger partial charge in [0.25, 0.3) is 5.69 Å². The molecule has 1 aromatic carbocycles. The molecule has 0 radical (unpaired) electrons. The van der Waals surface area contributed by atoms with Gasteiger partial charge in [0, 0.05) is 43.9 Å². The van der Waals surface area contributed by atoms with Crippen LogP contribution in [0.15, 0.2) is 18.2 Å². The minimum atomic E-state index is -0.509. The average molecular weight is 484 g/mol. The Morgan fingerprint density at radius 1 is 1.11 bits per heavy atom. The molecule has 35 heavy (non-hydrogen) atoms. The summed E-state index contributed by atoms with van der Waals surface area (Å²) in [7, 11) is 5.49. The van der Waals surface area contributed by atoms with Gasteiger partial charge in [-0.05, 0) is 57.4 Å². The van der Waals surface area contributed by atoms with Crippen molar-refractivity contribution >= 4 is 29.2 Å². The molecule has 0 saturated heterocycles. The van der Waals surface area contributed by atoms with Gasteiger partial charge in [0.15, 0.2) is 0 Å². The lowest BCUT2D eigenvalue weighted by Crippen LogP contribution is -2.42. The van der Waals surface area contributed by atoms with Crippen LogP contribution in [0.25, 0.3) is 0 Å². The van der Waals surface area contributed by atoms with Crippen LogP contribution in [-0.2, 0) is 12.8 Å². The number of aromatic nitrogens is 2. The molecular weight excluding hydrogens is 450 g/mol. The lowest BCUT2D eigenvalue weighted by molar-refractivity contribution is -0.384. The van der Waals surface area contributed by atoms with Gasteiger partial charge in [-0.1, -0.05) is 0 Å². The predicted octanol–water partition coefficient (Wildman–Crippen LogP) is 3.88. The molecule has 188 valence electrons. The van der Waals surface area contributed by atoms with E-state index in [1.165, 1.54) is 37.3 Å². The fraction of sp³-hybridized carbons (Fsp3) is 0.542. The molecule has 2 aliphatic carbocycles. The maximum Gasteiger partial charge on any atom is 0.319 e. The number of nitrogens with zero attached hydrogens (tertiary/aromatic N) is 4. The van der Waals surface area contributed by atoms with Gasteiger partial charge in [0.1, 0.15) is 11.6 Å². The lowest BCUT2D eigenvalue weighted by Gasteiger charge is -2.30. The number of nitro groups is 1. The normalized spacial score (nSPS) is 19.3. The van der Waals surface area contributed by atoms with Gasteiger partial charge in [-0.2, -0.15) is 4.98 Å². The topological polar surface area (TPSA) is 135 Å². The van der Waals surface area contributed by atoms with Crippen LogP contribution in [0.5, 0.6) is 5.75 Å². The Labute approximate surface area is 204 Å². The van der Waals surface area contributed by atoms with Crippen LogP contribution in [0.3, 0.4) is 0 Å². The van der Waals surface area contributed by atoms with Crippen molar-refractivity contribution in [1.82, 2.24) is 15.3 Å². The number of hydrogen-bond acceptors (Lipinski definition) is 8. The third-order valence-electron chi connectivity index (χ3n) is 6.62. The van der Waals surface area contributed by atoms with E-state index in [1.54, 1.807) is 0 Å². The Morgan fingerprint density at radius 2 is 1.83 bits per heavy atom. The van der Waals surface area contributed by atoms with Gasteiger partial charge in [0.05, 0.1) is 23.4 Å². The summed E-state index contributed by atoms with van der Waals surface area (Å²) in [6.07, 6.45) is 7.75. The summed E-state index contributed by atoms with van der Waals surface area (Å²) in [5.41, 5.74) is 2.57. The number of ether oxygens (including phenoxy) is 1. The minimum absolute atomic E-state index is 0.0135. The van der Waals surface area contributed by atoms with Crippen molar-refractivity contribution in [3.63, 3.8) is 0 Å². The monoisotopic (exact) mass is 483 g/mol. The van der Waals surface area contributed by atoms with Crippen LogP contribution in [-0.4, -0.2) is 54.2 Å². The van der Waals surface area contributed by atoms with Crippen molar-refractivity contribution < 1.29 is 14.5 Å². The number of anilines is 3. The first-order valence-electron chi connectivity index (χ1n) is 12.1. The highest BCUT2D eigenvalue weighted by atomic mass is 16.6. The van der Waals surface area contributed by atoms with Gasteiger partial charge in [-0.15, -0.1) is 0 Å². The largest absolute Gasteiger partial charge is 0.495 e. The molecule has 0 unspecified atom stereocenters. The molecule has 1 fully saturated rings. The number of aryl methyl sites for hydroxylation is 1. The maximum atomic E-state index is 12.6. The molecule has 1 heterocycles. The number of urea groups is 1. The number of hydrogen-bond donors (Lipinski definition) is 3. The fourth-order valence-corrected chi connectivity index (χ4v) is 4.82. The summed E-state index contributed by atoms with van der Waals surface area (Å²) in [4.78, 5) is 34.8. The van der Waals surface area contributed by atoms with Crippen LogP contribution in [0.4, 0.5) is 27.9 Å². The van der Waals surface area contributed by atoms with Crippen LogP contribution < -0.4 is 25.6 Å². The van der Waals surface area contributed by atoms with E-state index in [9.17, 15) is 14.9 Å². The molecule has 2 amide bonds. The third kappa shape index (κ3) is 5.90. The van der Waals surface area contributed by atoms with Gasteiger partial charge >= 0.3 is 6.03 Å². The molecule has 1 saturated carbocycles. The van der Waals surface area contributed by atoms with Crippen LogP contribution in [0.1, 0.15) is 49.8 Å². The molecule has 1 aromatic heterocycles. The first kappa shape index (κ1) is 24.5. The highest BCUT2D eigenvalue weighted by Gasteiger charge is 2.25. The Bertz CT molecular complexity index is 1080. The Morgan fingerprint density at radius 3 is 2.51 bits per heavy atom. The lowest BCUT2D eigenvalue weighted by atomic mass is 9.91. The van der Waals surface area contributed by atoms with E-state index < -0.39 is 11.0 Å². The number of rotatable bonds is 7. The standard InChI is InChI=1S/C24H33N7O4/c1-30(2)22-18-6-4-5-7-19(18)27-23(29-22)25-15-8-10-16(11-9-15)26-24(32)28-20-14-17(31(33)34)12-13-21(20)35-3/h12-16H,4-11H2,1-3H3,(H,25,27,29)(H2,26,28,32). The summed E-state index contributed by atoms with van der Waals surface area (Å²) in [5.74, 6) is 2.04. The number of carbonyl (C=O) groups excluding carboxylic acids is 1. The summed E-state index contributed by atoms with van der Waals surface area (Å²) < 4.78 is 5.21. The van der Waals surface area contributed by atoms with Crippen molar-refractivity contribution in [2.45, 2.75) is 63.5 Å². The van der Waals surface area contributed by atoms with Gasteiger partial charge in [-0.25, -0.2) is 9.78 Å². The number of benzene rings is 1. The summed E-state index contributed by atoms with van der Waals surface area (Å²) in [5, 5.41) is 20.2. The van der Waals surface area contributed by atoms with Crippen molar-refractivity contribution in [2.24, 2.45) is 0 Å². The number of amides is 2. The molecule has 11 nitrogen and oxygen atoms in total. The van der Waals surface area contributed by atoms with Crippen LogP contribution in [0, 0.1) is 10.1 Å². The summed E-state index contributed by atoms with van der Waals surface area (Å²) >= 11 is 0. The number of non-ortho nitro benzene ring substituents is 1. The van der Waals surface area contributed by atoms with Crippen molar-refractivity contribution in [1.29, 1.82) is 0 Å². The predicted molar refractivity (Wildman–Crippen MR) is 134 cm³/mol. The second kappa shape index (κ2) is 10.7. The Hall–Kier alpha value is -3.63. The van der Waals surface area contributed by atoms with Crippen LogP contribution in [0.2, 0.25) is 0 Å². The Kier molecular flexibility index (Phi) is 7.52. The maximum absolute atomic E-state index is 12.6. The van der Waals surface area contributed by atoms with Crippen LogP contribution >= 0.6 is 0 Å². The van der Waals surface area contributed by atoms with E-state index >= 15 is 0 Å². The van der Waals surface area contributed by atoms with Crippen molar-refractivity contribution in [3.05, 3.63) is 39.6 Å². The van der Waals surface area contributed by atoms with Crippen molar-refractivity contribution in [2.75, 3.05) is 36.7 Å². The SMILES string of the molecule is COc1ccc([N+](=O)[O-])cc1NC(=O)NC1CCC(Nc2nc3c(c(N(C)C)n2)CCCC3)CC1. The van der Waals surface area contributed by atoms with E-state index in [-0.39, 0.29) is 23.5 Å². The highest BCUT2D eigenvalue weighted by molar-refractivity contribution is 5.91.